The molecule has 1 N–H and O–H groups in total. The van der Waals surface area contributed by atoms with Gasteiger partial charge in [-0.3, -0.25) is 4.79 Å². The van der Waals surface area contributed by atoms with E-state index in [2.05, 4.69) is 5.32 Å². The van der Waals surface area contributed by atoms with Crippen LogP contribution in [0.25, 0.3) is 0 Å². The number of hydrogen-bond acceptors (Lipinski definition) is 3. The third kappa shape index (κ3) is 3.11. The Morgan fingerprint density at radius 3 is 2.28 bits per heavy atom. The van der Waals surface area contributed by atoms with Gasteiger partial charge in [0, 0.05) is 17.7 Å². The van der Waals surface area contributed by atoms with Crippen molar-refractivity contribution in [1.29, 1.82) is 0 Å². The van der Waals surface area contributed by atoms with Crippen molar-refractivity contribution in [2.24, 2.45) is 5.92 Å². The van der Waals surface area contributed by atoms with Crippen molar-refractivity contribution >= 4 is 21.6 Å². The number of carbonyl (C=O) groups excluding carboxylic acids is 1. The maximum absolute atomic E-state index is 13.3. The summed E-state index contributed by atoms with van der Waals surface area (Å²) in [7, 11) is -3.72. The summed E-state index contributed by atoms with van der Waals surface area (Å²) in [5.74, 6) is 0.304. The molecule has 0 saturated heterocycles. The molecule has 25 heavy (non-hydrogen) atoms. The first-order valence-electron chi connectivity index (χ1n) is 8.57. The number of hydrogen-bond donors (Lipinski definition) is 1. The van der Waals surface area contributed by atoms with Crippen molar-refractivity contribution in [3.8, 4) is 0 Å². The molecule has 0 unspecified atom stereocenters. The lowest BCUT2D eigenvalue weighted by molar-refractivity contribution is -0.117. The second-order valence-electron chi connectivity index (χ2n) is 6.93. The van der Waals surface area contributed by atoms with Gasteiger partial charge in [0.2, 0.25) is 15.7 Å². The van der Waals surface area contributed by atoms with Crippen molar-refractivity contribution in [2.75, 3.05) is 5.32 Å². The molecule has 5 nitrogen and oxygen atoms in total. The third-order valence-electron chi connectivity index (χ3n) is 4.73. The van der Waals surface area contributed by atoms with Crippen LogP contribution in [0.3, 0.4) is 0 Å². The van der Waals surface area contributed by atoms with Gasteiger partial charge in [-0.05, 0) is 58.2 Å². The minimum Gasteiger partial charge on any atom is -0.328 e. The number of rotatable bonds is 5. The molecule has 1 aromatic heterocycles. The molecule has 0 bridgehead atoms. The molecule has 1 heterocycles. The first-order chi connectivity index (χ1) is 11.7. The molecule has 0 aliphatic heterocycles. The summed E-state index contributed by atoms with van der Waals surface area (Å²) in [4.78, 5) is 12.8. The Hall–Kier alpha value is -2.08. The van der Waals surface area contributed by atoms with Crippen LogP contribution in [0.15, 0.2) is 40.1 Å². The van der Waals surface area contributed by atoms with Crippen molar-refractivity contribution in [3.05, 3.63) is 41.6 Å². The fourth-order valence-electron chi connectivity index (χ4n) is 3.17. The highest BCUT2D eigenvalue weighted by Gasteiger charge is 2.35. The van der Waals surface area contributed by atoms with Crippen LogP contribution in [-0.2, 0) is 14.6 Å². The molecule has 1 saturated carbocycles. The Kier molecular flexibility index (Phi) is 4.49. The van der Waals surface area contributed by atoms with E-state index < -0.39 is 9.84 Å². The minimum atomic E-state index is -3.72. The number of aromatic nitrogens is 1. The zero-order valence-electron chi connectivity index (χ0n) is 15.0. The number of benzene rings is 1. The first kappa shape index (κ1) is 17.7. The highest BCUT2D eigenvalue weighted by molar-refractivity contribution is 7.91. The van der Waals surface area contributed by atoms with E-state index in [0.717, 1.165) is 18.5 Å². The van der Waals surface area contributed by atoms with Crippen LogP contribution in [0.4, 0.5) is 5.82 Å². The highest BCUT2D eigenvalue weighted by Crippen LogP contribution is 2.38. The van der Waals surface area contributed by atoms with Gasteiger partial charge >= 0.3 is 0 Å². The number of carbonyl (C=O) groups is 1. The van der Waals surface area contributed by atoms with E-state index in [1.54, 1.807) is 37.3 Å². The Bertz CT molecular complexity index is 908. The monoisotopic (exact) mass is 360 g/mol. The van der Waals surface area contributed by atoms with Gasteiger partial charge in [0.05, 0.1) is 4.90 Å². The standard InChI is InChI=1S/C19H24N2O3S/c1-12(2)21-14(4)13(3)17(18(21)20-19(22)15-10-11-15)25(23,24)16-8-6-5-7-9-16/h5-9,12,15H,10-11H2,1-4H3,(H,20,22). The number of nitrogens with zero attached hydrogens (tertiary/aromatic N) is 1. The molecule has 1 aromatic carbocycles. The topological polar surface area (TPSA) is 68.2 Å². The Morgan fingerprint density at radius 2 is 1.76 bits per heavy atom. The van der Waals surface area contributed by atoms with E-state index in [-0.39, 0.29) is 27.7 Å². The summed E-state index contributed by atoms with van der Waals surface area (Å²) in [6.07, 6.45) is 1.74. The average Bonchev–Trinajstić information content (AvgIpc) is 3.36. The van der Waals surface area contributed by atoms with Gasteiger partial charge in [-0.1, -0.05) is 18.2 Å². The SMILES string of the molecule is Cc1c(S(=O)(=O)c2ccccc2)c(NC(=O)C2CC2)n(C(C)C)c1C. The number of sulfone groups is 1. The van der Waals surface area contributed by atoms with E-state index in [1.165, 1.54) is 0 Å². The molecule has 0 spiro atoms. The average molecular weight is 360 g/mol. The largest absolute Gasteiger partial charge is 0.328 e. The molecule has 0 radical (unpaired) electrons. The molecular formula is C19H24N2O3S. The van der Waals surface area contributed by atoms with Crippen LogP contribution in [0.1, 0.15) is 44.0 Å². The van der Waals surface area contributed by atoms with E-state index in [4.69, 9.17) is 0 Å². The van der Waals surface area contributed by atoms with Gasteiger partial charge in [-0.15, -0.1) is 0 Å². The van der Waals surface area contributed by atoms with Crippen LogP contribution >= 0.6 is 0 Å². The molecule has 1 amide bonds. The third-order valence-corrected chi connectivity index (χ3v) is 6.66. The molecule has 3 rings (SSSR count). The number of amides is 1. The quantitative estimate of drug-likeness (QED) is 0.880. The molecule has 2 aromatic rings. The zero-order chi connectivity index (χ0) is 18.4. The lowest BCUT2D eigenvalue weighted by atomic mass is 10.3. The zero-order valence-corrected chi connectivity index (χ0v) is 15.9. The van der Waals surface area contributed by atoms with E-state index in [1.807, 2.05) is 25.3 Å². The first-order valence-corrected chi connectivity index (χ1v) is 10.1. The maximum Gasteiger partial charge on any atom is 0.228 e. The fourth-order valence-corrected chi connectivity index (χ4v) is 4.88. The second kappa shape index (κ2) is 6.33. The van der Waals surface area contributed by atoms with E-state index in [0.29, 0.717) is 11.4 Å². The molecular weight excluding hydrogens is 336 g/mol. The van der Waals surface area contributed by atoms with Crippen LogP contribution in [-0.4, -0.2) is 18.9 Å². The Labute approximate surface area is 149 Å². The summed E-state index contributed by atoms with van der Waals surface area (Å²) < 4.78 is 28.4. The Morgan fingerprint density at radius 1 is 1.16 bits per heavy atom. The Balaban J connectivity index is 2.21. The van der Waals surface area contributed by atoms with Crippen LogP contribution in [0.5, 0.6) is 0 Å². The van der Waals surface area contributed by atoms with Gasteiger partial charge in [0.15, 0.2) is 0 Å². The summed E-state index contributed by atoms with van der Waals surface area (Å²) in [5.41, 5.74) is 1.54. The van der Waals surface area contributed by atoms with Crippen LogP contribution in [0, 0.1) is 19.8 Å². The van der Waals surface area contributed by atoms with Crippen molar-refractivity contribution in [3.63, 3.8) is 0 Å². The van der Waals surface area contributed by atoms with Crippen molar-refractivity contribution < 1.29 is 13.2 Å². The van der Waals surface area contributed by atoms with Gasteiger partial charge in [-0.25, -0.2) is 8.42 Å². The molecule has 134 valence electrons. The smallest absolute Gasteiger partial charge is 0.228 e. The number of nitrogens with one attached hydrogen (secondary N) is 1. The van der Waals surface area contributed by atoms with E-state index in [9.17, 15) is 13.2 Å². The predicted octanol–water partition coefficient (Wildman–Crippen LogP) is 3.87. The van der Waals surface area contributed by atoms with Crippen molar-refractivity contribution in [2.45, 2.75) is 56.4 Å². The van der Waals surface area contributed by atoms with Gasteiger partial charge < -0.3 is 9.88 Å². The summed E-state index contributed by atoms with van der Waals surface area (Å²) in [6.45, 7) is 7.67. The lowest BCUT2D eigenvalue weighted by Crippen LogP contribution is -2.19. The molecule has 1 aliphatic carbocycles. The van der Waals surface area contributed by atoms with Crippen molar-refractivity contribution in [1.82, 2.24) is 4.57 Å². The number of anilines is 1. The normalized spacial score (nSPS) is 14.8. The maximum atomic E-state index is 13.3. The molecule has 1 aliphatic rings. The van der Waals surface area contributed by atoms with E-state index >= 15 is 0 Å². The minimum absolute atomic E-state index is 0.00315. The predicted molar refractivity (Wildman–Crippen MR) is 97.5 cm³/mol. The van der Waals surface area contributed by atoms with Gasteiger partial charge in [-0.2, -0.15) is 0 Å². The van der Waals surface area contributed by atoms with Crippen LogP contribution in [0.2, 0.25) is 0 Å². The summed E-state index contributed by atoms with van der Waals surface area (Å²) >= 11 is 0. The fraction of sp³-hybridized carbons (Fsp3) is 0.421. The lowest BCUT2D eigenvalue weighted by Gasteiger charge is -2.17. The summed E-state index contributed by atoms with van der Waals surface area (Å²) in [5, 5.41) is 2.90. The van der Waals surface area contributed by atoms with Gasteiger partial charge in [0.1, 0.15) is 10.7 Å². The second-order valence-corrected chi connectivity index (χ2v) is 8.82. The molecule has 0 atom stereocenters. The highest BCUT2D eigenvalue weighted by atomic mass is 32.2. The molecule has 6 heteroatoms. The van der Waals surface area contributed by atoms with Crippen LogP contribution < -0.4 is 5.32 Å². The molecule has 1 fully saturated rings. The van der Waals surface area contributed by atoms with Gasteiger partial charge in [0.25, 0.3) is 0 Å². The summed E-state index contributed by atoms with van der Waals surface area (Å²) in [6, 6.07) is 8.40.